The van der Waals surface area contributed by atoms with Crippen molar-refractivity contribution in [2.24, 2.45) is 5.92 Å². The van der Waals surface area contributed by atoms with Crippen molar-refractivity contribution in [1.82, 2.24) is 19.6 Å². The van der Waals surface area contributed by atoms with E-state index in [0.717, 1.165) is 43.2 Å². The molecule has 6 heteroatoms. The zero-order chi connectivity index (χ0) is 17.2. The minimum Gasteiger partial charge on any atom is -0.468 e. The molecule has 0 radical (unpaired) electrons. The van der Waals surface area contributed by atoms with Gasteiger partial charge in [-0.2, -0.15) is 0 Å². The van der Waals surface area contributed by atoms with Crippen LogP contribution >= 0.6 is 0 Å². The summed E-state index contributed by atoms with van der Waals surface area (Å²) in [6.07, 6.45) is 4.60. The van der Waals surface area contributed by atoms with Gasteiger partial charge in [0.25, 0.3) is 5.91 Å². The number of hydrogen-bond donors (Lipinski definition) is 1. The first-order valence-electron chi connectivity index (χ1n) is 8.67. The van der Waals surface area contributed by atoms with Crippen molar-refractivity contribution in [3.63, 3.8) is 0 Å². The van der Waals surface area contributed by atoms with E-state index in [1.807, 2.05) is 41.7 Å². The number of hydrogen-bond acceptors (Lipinski definition) is 4. The number of pyridine rings is 1. The zero-order valence-electron chi connectivity index (χ0n) is 14.3. The van der Waals surface area contributed by atoms with E-state index in [2.05, 4.69) is 15.2 Å². The number of aryl methyl sites for hydroxylation is 1. The van der Waals surface area contributed by atoms with E-state index in [4.69, 9.17) is 4.42 Å². The summed E-state index contributed by atoms with van der Waals surface area (Å²) in [6, 6.07) is 9.78. The summed E-state index contributed by atoms with van der Waals surface area (Å²) < 4.78 is 7.34. The second-order valence-corrected chi connectivity index (χ2v) is 6.70. The van der Waals surface area contributed by atoms with E-state index in [1.165, 1.54) is 0 Å². The summed E-state index contributed by atoms with van der Waals surface area (Å²) in [7, 11) is 0. The minimum absolute atomic E-state index is 0.104. The highest BCUT2D eigenvalue weighted by Crippen LogP contribution is 2.18. The molecule has 6 nitrogen and oxygen atoms in total. The van der Waals surface area contributed by atoms with Gasteiger partial charge >= 0.3 is 0 Å². The number of nitrogens with zero attached hydrogens (tertiary/aromatic N) is 3. The number of carbonyl (C=O) groups is 1. The molecule has 4 rings (SSSR count). The summed E-state index contributed by atoms with van der Waals surface area (Å²) >= 11 is 0. The minimum atomic E-state index is -0.104. The second-order valence-electron chi connectivity index (χ2n) is 6.70. The van der Waals surface area contributed by atoms with Gasteiger partial charge in [0.05, 0.1) is 12.8 Å². The molecule has 0 aliphatic carbocycles. The number of aromatic nitrogens is 2. The number of nitrogens with one attached hydrogen (secondary N) is 1. The number of rotatable bonds is 5. The van der Waals surface area contributed by atoms with Gasteiger partial charge in [-0.3, -0.25) is 9.69 Å². The number of likely N-dealkylation sites (tertiary alicyclic amines) is 1. The fraction of sp³-hybridized carbons (Fsp3) is 0.368. The van der Waals surface area contributed by atoms with Crippen LogP contribution in [0.4, 0.5) is 0 Å². The third kappa shape index (κ3) is 3.44. The van der Waals surface area contributed by atoms with Crippen molar-refractivity contribution in [2.75, 3.05) is 19.6 Å². The molecule has 0 saturated carbocycles. The van der Waals surface area contributed by atoms with Crippen LogP contribution in [-0.2, 0) is 6.54 Å². The molecular formula is C19H22N4O2. The van der Waals surface area contributed by atoms with Crippen LogP contribution in [0, 0.1) is 12.8 Å². The van der Waals surface area contributed by atoms with E-state index in [-0.39, 0.29) is 5.91 Å². The van der Waals surface area contributed by atoms with E-state index in [9.17, 15) is 4.79 Å². The molecule has 4 heterocycles. The predicted molar refractivity (Wildman–Crippen MR) is 94.4 cm³/mol. The van der Waals surface area contributed by atoms with Gasteiger partial charge in [-0.15, -0.1) is 0 Å². The van der Waals surface area contributed by atoms with Gasteiger partial charge in [0.15, 0.2) is 0 Å². The van der Waals surface area contributed by atoms with E-state index < -0.39 is 0 Å². The molecule has 1 fully saturated rings. The largest absolute Gasteiger partial charge is 0.468 e. The molecule has 0 unspecified atom stereocenters. The molecule has 1 atom stereocenters. The van der Waals surface area contributed by atoms with Gasteiger partial charge in [0.2, 0.25) is 0 Å². The molecule has 1 aliphatic heterocycles. The molecule has 0 bridgehead atoms. The van der Waals surface area contributed by atoms with Crippen LogP contribution in [0.3, 0.4) is 0 Å². The third-order valence-electron chi connectivity index (χ3n) is 4.81. The molecular weight excluding hydrogens is 316 g/mol. The molecule has 0 spiro atoms. The summed E-state index contributed by atoms with van der Waals surface area (Å²) in [5.74, 6) is 1.36. The van der Waals surface area contributed by atoms with Gasteiger partial charge in [-0.25, -0.2) is 4.98 Å². The molecule has 25 heavy (non-hydrogen) atoms. The smallest absolute Gasteiger partial charge is 0.271 e. The Labute approximate surface area is 146 Å². The summed E-state index contributed by atoms with van der Waals surface area (Å²) in [6.45, 7) is 5.53. The van der Waals surface area contributed by atoms with Crippen LogP contribution < -0.4 is 5.32 Å². The number of imidazole rings is 1. The third-order valence-corrected chi connectivity index (χ3v) is 4.81. The lowest BCUT2D eigenvalue weighted by molar-refractivity contribution is 0.0943. The predicted octanol–water partition coefficient (Wildman–Crippen LogP) is 2.49. The highest BCUT2D eigenvalue weighted by atomic mass is 16.3. The van der Waals surface area contributed by atoms with E-state index in [1.54, 1.807) is 12.5 Å². The van der Waals surface area contributed by atoms with Crippen LogP contribution in [0.1, 0.15) is 28.4 Å². The molecule has 1 amide bonds. The van der Waals surface area contributed by atoms with Gasteiger partial charge < -0.3 is 14.1 Å². The monoisotopic (exact) mass is 338 g/mol. The molecule has 0 aromatic carbocycles. The average Bonchev–Trinajstić information content (AvgIpc) is 3.34. The lowest BCUT2D eigenvalue weighted by Crippen LogP contribution is -2.31. The van der Waals surface area contributed by atoms with Crippen LogP contribution in [0.15, 0.2) is 47.2 Å². The maximum atomic E-state index is 12.4. The summed E-state index contributed by atoms with van der Waals surface area (Å²) in [4.78, 5) is 19.2. The Morgan fingerprint density at radius 3 is 3.08 bits per heavy atom. The topological polar surface area (TPSA) is 62.8 Å². The molecule has 130 valence electrons. The fourth-order valence-corrected chi connectivity index (χ4v) is 3.43. The molecule has 3 aromatic heterocycles. The second kappa shape index (κ2) is 6.72. The van der Waals surface area contributed by atoms with Crippen LogP contribution in [0.2, 0.25) is 0 Å². The Bertz CT molecular complexity index is 869. The van der Waals surface area contributed by atoms with Crippen LogP contribution in [0.5, 0.6) is 0 Å². The molecule has 1 N–H and O–H groups in total. The van der Waals surface area contributed by atoms with Crippen molar-refractivity contribution in [1.29, 1.82) is 0 Å². The Morgan fingerprint density at radius 1 is 1.36 bits per heavy atom. The summed E-state index contributed by atoms with van der Waals surface area (Å²) in [5, 5.41) is 3.04. The molecule has 1 aliphatic rings. The number of furan rings is 1. The Balaban J connectivity index is 1.32. The average molecular weight is 338 g/mol. The summed E-state index contributed by atoms with van der Waals surface area (Å²) in [5.41, 5.74) is 2.34. The van der Waals surface area contributed by atoms with Gasteiger partial charge in [0, 0.05) is 25.0 Å². The molecule has 3 aromatic rings. The van der Waals surface area contributed by atoms with E-state index in [0.29, 0.717) is 18.2 Å². The van der Waals surface area contributed by atoms with Gasteiger partial charge in [0.1, 0.15) is 17.1 Å². The maximum absolute atomic E-state index is 12.4. The Morgan fingerprint density at radius 2 is 2.28 bits per heavy atom. The maximum Gasteiger partial charge on any atom is 0.271 e. The van der Waals surface area contributed by atoms with Crippen molar-refractivity contribution < 1.29 is 9.21 Å². The highest BCUT2D eigenvalue weighted by Gasteiger charge is 2.24. The first-order valence-corrected chi connectivity index (χ1v) is 8.67. The van der Waals surface area contributed by atoms with Crippen molar-refractivity contribution in [2.45, 2.75) is 19.9 Å². The van der Waals surface area contributed by atoms with Gasteiger partial charge in [-0.1, -0.05) is 6.07 Å². The van der Waals surface area contributed by atoms with Crippen LogP contribution in [0.25, 0.3) is 5.65 Å². The first-order chi connectivity index (χ1) is 12.2. The SMILES string of the molecule is Cc1cccc2nc(C(=O)NC[C@H]3CCN(Cc4ccco4)C3)cn12. The number of carbonyl (C=O) groups excluding carboxylic acids is 1. The first kappa shape index (κ1) is 15.9. The number of amides is 1. The van der Waals surface area contributed by atoms with Crippen molar-refractivity contribution in [3.05, 3.63) is 59.9 Å². The molecule has 1 saturated heterocycles. The number of fused-ring (bicyclic) bond motifs is 1. The Kier molecular flexibility index (Phi) is 4.28. The van der Waals surface area contributed by atoms with Crippen LogP contribution in [-0.4, -0.2) is 39.8 Å². The van der Waals surface area contributed by atoms with Crippen molar-refractivity contribution in [3.8, 4) is 0 Å². The lowest BCUT2D eigenvalue weighted by atomic mass is 10.1. The quantitative estimate of drug-likeness (QED) is 0.776. The van der Waals surface area contributed by atoms with Crippen molar-refractivity contribution >= 4 is 11.6 Å². The fourth-order valence-electron chi connectivity index (χ4n) is 3.43. The normalized spacial score (nSPS) is 18.0. The highest BCUT2D eigenvalue weighted by molar-refractivity contribution is 5.92. The zero-order valence-corrected chi connectivity index (χ0v) is 14.3. The van der Waals surface area contributed by atoms with E-state index >= 15 is 0 Å². The lowest BCUT2D eigenvalue weighted by Gasteiger charge is -2.14. The van der Waals surface area contributed by atoms with Gasteiger partial charge in [-0.05, 0) is 50.1 Å². The Hall–Kier alpha value is -2.60. The standard InChI is InChI=1S/C19H22N4O2/c1-14-4-2-6-18-21-17(13-23(14)18)19(24)20-10-15-7-8-22(11-15)12-16-5-3-9-25-16/h2-6,9,13,15H,7-8,10-12H2,1H3,(H,20,24)/t15-/m1/s1.